The van der Waals surface area contributed by atoms with Crippen molar-refractivity contribution in [1.82, 2.24) is 30.0 Å². The minimum Gasteiger partial charge on any atom is -0.348 e. The van der Waals surface area contributed by atoms with Gasteiger partial charge in [-0.3, -0.25) is 9.69 Å². The Kier molecular flexibility index (Phi) is 3.34. The van der Waals surface area contributed by atoms with Gasteiger partial charge in [0.05, 0.1) is 0 Å². The average Bonchev–Trinajstić information content (AvgIpc) is 3.06. The first kappa shape index (κ1) is 13.4. The monoisotopic (exact) mass is 298 g/mol. The van der Waals surface area contributed by atoms with Crippen LogP contribution in [0.2, 0.25) is 0 Å². The summed E-state index contributed by atoms with van der Waals surface area (Å²) in [6, 6.07) is 4.47. The van der Waals surface area contributed by atoms with Gasteiger partial charge < -0.3 is 5.32 Å². The van der Waals surface area contributed by atoms with Gasteiger partial charge in [0.15, 0.2) is 5.82 Å². The predicted molar refractivity (Wildman–Crippen MR) is 79.6 cm³/mol. The lowest BCUT2D eigenvalue weighted by atomic mass is 10.2. The molecule has 1 amide bonds. The van der Waals surface area contributed by atoms with Crippen LogP contribution in [0.15, 0.2) is 31.0 Å². The van der Waals surface area contributed by atoms with Crippen molar-refractivity contribution < 1.29 is 4.79 Å². The van der Waals surface area contributed by atoms with E-state index in [2.05, 4.69) is 25.3 Å². The van der Waals surface area contributed by atoms with E-state index in [4.69, 9.17) is 0 Å². The number of nitrogens with one attached hydrogen (secondary N) is 1. The molecule has 3 heterocycles. The molecule has 1 saturated heterocycles. The van der Waals surface area contributed by atoms with Gasteiger partial charge in [0.25, 0.3) is 5.91 Å². The van der Waals surface area contributed by atoms with Gasteiger partial charge in [-0.2, -0.15) is 5.10 Å². The van der Waals surface area contributed by atoms with E-state index in [9.17, 15) is 4.79 Å². The SMILES string of the molecule is O=C(N[C@H]1CCN(C2CC2)C1)c1ccnc(-n2cncn2)c1. The third kappa shape index (κ3) is 2.71. The first-order valence-electron chi connectivity index (χ1n) is 7.65. The first-order valence-corrected chi connectivity index (χ1v) is 7.65. The fourth-order valence-corrected chi connectivity index (χ4v) is 2.96. The zero-order valence-electron chi connectivity index (χ0n) is 12.2. The van der Waals surface area contributed by atoms with Crippen LogP contribution in [0, 0.1) is 0 Å². The smallest absolute Gasteiger partial charge is 0.251 e. The Hall–Kier alpha value is -2.28. The molecule has 0 bridgehead atoms. The number of carbonyl (C=O) groups is 1. The Morgan fingerprint density at radius 2 is 2.23 bits per heavy atom. The molecule has 1 atom stereocenters. The van der Waals surface area contributed by atoms with E-state index in [1.165, 1.54) is 19.2 Å². The third-order valence-electron chi connectivity index (χ3n) is 4.28. The number of hydrogen-bond acceptors (Lipinski definition) is 5. The highest BCUT2D eigenvalue weighted by Crippen LogP contribution is 2.29. The zero-order chi connectivity index (χ0) is 14.9. The Balaban J connectivity index is 1.43. The highest BCUT2D eigenvalue weighted by atomic mass is 16.1. The van der Waals surface area contributed by atoms with Crippen LogP contribution in [-0.2, 0) is 0 Å². The quantitative estimate of drug-likeness (QED) is 0.896. The fraction of sp³-hybridized carbons (Fsp3) is 0.467. The molecule has 2 aromatic heterocycles. The zero-order valence-corrected chi connectivity index (χ0v) is 12.2. The summed E-state index contributed by atoms with van der Waals surface area (Å²) in [4.78, 5) is 23.0. The van der Waals surface area contributed by atoms with E-state index < -0.39 is 0 Å². The number of pyridine rings is 1. The lowest BCUT2D eigenvalue weighted by Gasteiger charge is -2.15. The molecule has 2 aliphatic rings. The van der Waals surface area contributed by atoms with Crippen molar-refractivity contribution in [2.24, 2.45) is 0 Å². The van der Waals surface area contributed by atoms with Crippen molar-refractivity contribution in [2.45, 2.75) is 31.3 Å². The molecular formula is C15H18N6O. The number of aromatic nitrogens is 4. The normalized spacial score (nSPS) is 21.9. The summed E-state index contributed by atoms with van der Waals surface area (Å²) < 4.78 is 1.54. The van der Waals surface area contributed by atoms with Crippen molar-refractivity contribution in [1.29, 1.82) is 0 Å². The van der Waals surface area contributed by atoms with Crippen molar-refractivity contribution in [3.05, 3.63) is 36.5 Å². The standard InChI is InChI=1S/C15H18N6O/c22-15(19-12-4-6-20(8-12)13-1-2-13)11-3-5-17-14(7-11)21-10-16-9-18-21/h3,5,7,9-10,12-13H,1-2,4,6,8H2,(H,19,22)/t12-/m0/s1. The lowest BCUT2D eigenvalue weighted by molar-refractivity contribution is 0.0937. The molecule has 4 rings (SSSR count). The van der Waals surface area contributed by atoms with Gasteiger partial charge in [0.1, 0.15) is 12.7 Å². The topological polar surface area (TPSA) is 75.9 Å². The Labute approximate surface area is 128 Å². The van der Waals surface area contributed by atoms with Crippen molar-refractivity contribution in [3.63, 3.8) is 0 Å². The Morgan fingerprint density at radius 3 is 3.00 bits per heavy atom. The molecule has 22 heavy (non-hydrogen) atoms. The molecule has 1 N–H and O–H groups in total. The van der Waals surface area contributed by atoms with E-state index in [-0.39, 0.29) is 11.9 Å². The van der Waals surface area contributed by atoms with Crippen LogP contribution in [0.5, 0.6) is 0 Å². The summed E-state index contributed by atoms with van der Waals surface area (Å²) in [5.74, 6) is 0.544. The van der Waals surface area contributed by atoms with Crippen LogP contribution in [0.25, 0.3) is 5.82 Å². The molecule has 1 saturated carbocycles. The van der Waals surface area contributed by atoms with Gasteiger partial charge >= 0.3 is 0 Å². The summed E-state index contributed by atoms with van der Waals surface area (Å²) in [7, 11) is 0. The maximum Gasteiger partial charge on any atom is 0.251 e. The van der Waals surface area contributed by atoms with Crippen LogP contribution in [0.4, 0.5) is 0 Å². The molecule has 0 aromatic carbocycles. The van der Waals surface area contributed by atoms with Crippen LogP contribution < -0.4 is 5.32 Å². The molecule has 2 aromatic rings. The second-order valence-corrected chi connectivity index (χ2v) is 5.93. The lowest BCUT2D eigenvalue weighted by Crippen LogP contribution is -2.37. The van der Waals surface area contributed by atoms with Gasteiger partial charge in [-0.25, -0.2) is 14.6 Å². The Morgan fingerprint density at radius 1 is 1.32 bits per heavy atom. The van der Waals surface area contributed by atoms with E-state index in [1.54, 1.807) is 29.3 Å². The molecule has 1 aliphatic carbocycles. The number of rotatable bonds is 4. The molecule has 114 valence electrons. The van der Waals surface area contributed by atoms with Crippen molar-refractivity contribution >= 4 is 5.91 Å². The van der Waals surface area contributed by atoms with E-state index in [0.29, 0.717) is 11.4 Å². The number of nitrogens with zero attached hydrogens (tertiary/aromatic N) is 5. The summed E-state index contributed by atoms with van der Waals surface area (Å²) in [5, 5.41) is 7.16. The molecular weight excluding hydrogens is 280 g/mol. The van der Waals surface area contributed by atoms with Crippen LogP contribution in [0.3, 0.4) is 0 Å². The van der Waals surface area contributed by atoms with Gasteiger partial charge in [-0.05, 0) is 31.4 Å². The average molecular weight is 298 g/mol. The van der Waals surface area contributed by atoms with Crippen molar-refractivity contribution in [2.75, 3.05) is 13.1 Å². The largest absolute Gasteiger partial charge is 0.348 e. The molecule has 0 spiro atoms. The third-order valence-corrected chi connectivity index (χ3v) is 4.28. The number of hydrogen-bond donors (Lipinski definition) is 1. The summed E-state index contributed by atoms with van der Waals surface area (Å²) in [6.45, 7) is 2.06. The summed E-state index contributed by atoms with van der Waals surface area (Å²) in [6.07, 6.45) is 8.28. The summed E-state index contributed by atoms with van der Waals surface area (Å²) >= 11 is 0. The molecule has 2 fully saturated rings. The summed E-state index contributed by atoms with van der Waals surface area (Å²) in [5.41, 5.74) is 0.602. The van der Waals surface area contributed by atoms with Gasteiger partial charge in [0.2, 0.25) is 0 Å². The highest BCUT2D eigenvalue weighted by molar-refractivity contribution is 5.94. The molecule has 7 heteroatoms. The maximum atomic E-state index is 12.4. The van der Waals surface area contributed by atoms with Crippen LogP contribution in [0.1, 0.15) is 29.6 Å². The van der Waals surface area contributed by atoms with Gasteiger partial charge in [-0.1, -0.05) is 0 Å². The highest BCUT2D eigenvalue weighted by Gasteiger charge is 2.34. The minimum atomic E-state index is -0.0496. The van der Waals surface area contributed by atoms with Gasteiger partial charge in [0, 0.05) is 36.9 Å². The number of likely N-dealkylation sites (tertiary alicyclic amines) is 1. The van der Waals surface area contributed by atoms with Crippen LogP contribution >= 0.6 is 0 Å². The van der Waals surface area contributed by atoms with E-state index in [0.717, 1.165) is 25.6 Å². The molecule has 0 unspecified atom stereocenters. The Bertz CT molecular complexity index is 666. The first-order chi connectivity index (χ1) is 10.8. The van der Waals surface area contributed by atoms with Crippen LogP contribution in [-0.4, -0.2) is 55.7 Å². The van der Waals surface area contributed by atoms with E-state index >= 15 is 0 Å². The second kappa shape index (κ2) is 5.49. The predicted octanol–water partition coefficient (Wildman–Crippen LogP) is 0.629. The molecule has 1 aliphatic heterocycles. The fourth-order valence-electron chi connectivity index (χ4n) is 2.96. The molecule has 0 radical (unpaired) electrons. The number of carbonyl (C=O) groups excluding carboxylic acids is 1. The van der Waals surface area contributed by atoms with Crippen molar-refractivity contribution in [3.8, 4) is 5.82 Å². The maximum absolute atomic E-state index is 12.4. The van der Waals surface area contributed by atoms with E-state index in [1.807, 2.05) is 0 Å². The molecule has 7 nitrogen and oxygen atoms in total. The second-order valence-electron chi connectivity index (χ2n) is 5.93. The number of amides is 1. The minimum absolute atomic E-state index is 0.0496. The van der Waals surface area contributed by atoms with Gasteiger partial charge in [-0.15, -0.1) is 0 Å².